The lowest BCUT2D eigenvalue weighted by molar-refractivity contribution is 0.113. The van der Waals surface area contributed by atoms with Crippen LogP contribution in [0.2, 0.25) is 0 Å². The third-order valence-electron chi connectivity index (χ3n) is 6.86. The summed E-state index contributed by atoms with van der Waals surface area (Å²) in [5.74, 6) is 0.972. The van der Waals surface area contributed by atoms with Crippen LogP contribution in [0.3, 0.4) is 0 Å². The molecule has 0 spiro atoms. The second kappa shape index (κ2) is 8.61. The standard InChI is InChI=1S/C25H32N4O2/c1-27(9-10-31-2)15-20-7-8-24-21-11-18(14-29(24)25(20)30)13-28(16-21)17-22-12-19-5-3-4-6-23(19)26-22/h3-8,12,18,21,26H,9-11,13-17H2,1-2H3/t18-,21+/m0/s1. The highest BCUT2D eigenvalue weighted by Gasteiger charge is 2.35. The topological polar surface area (TPSA) is 53.5 Å². The minimum Gasteiger partial charge on any atom is -0.383 e. The summed E-state index contributed by atoms with van der Waals surface area (Å²) in [6, 6.07) is 15.0. The van der Waals surface area contributed by atoms with Crippen molar-refractivity contribution >= 4 is 10.9 Å². The fourth-order valence-corrected chi connectivity index (χ4v) is 5.42. The maximum atomic E-state index is 13.2. The van der Waals surface area contributed by atoms with E-state index in [2.05, 4.69) is 61.8 Å². The third kappa shape index (κ3) is 4.20. The maximum Gasteiger partial charge on any atom is 0.255 e. The summed E-state index contributed by atoms with van der Waals surface area (Å²) < 4.78 is 7.23. The van der Waals surface area contributed by atoms with E-state index in [0.717, 1.165) is 38.3 Å². The van der Waals surface area contributed by atoms with Gasteiger partial charge < -0.3 is 14.3 Å². The molecule has 164 valence electrons. The lowest BCUT2D eigenvalue weighted by Crippen LogP contribution is -2.47. The molecule has 3 aromatic rings. The van der Waals surface area contributed by atoms with Gasteiger partial charge in [-0.25, -0.2) is 0 Å². The Balaban J connectivity index is 1.32. The Morgan fingerprint density at radius 2 is 2.03 bits per heavy atom. The number of aromatic nitrogens is 2. The van der Waals surface area contributed by atoms with Crippen molar-refractivity contribution in [3.63, 3.8) is 0 Å². The average Bonchev–Trinajstić information content (AvgIpc) is 3.17. The van der Waals surface area contributed by atoms with E-state index in [-0.39, 0.29) is 5.56 Å². The van der Waals surface area contributed by atoms with Gasteiger partial charge in [0.05, 0.1) is 6.61 Å². The fourth-order valence-electron chi connectivity index (χ4n) is 5.42. The molecule has 2 aliphatic rings. The monoisotopic (exact) mass is 420 g/mol. The summed E-state index contributed by atoms with van der Waals surface area (Å²) in [4.78, 5) is 21.5. The SMILES string of the molecule is COCCN(C)Cc1ccc2n(c1=O)C[C@H]1C[C@@H]2CN(Cc2cc3ccccc3[nH]2)C1. The van der Waals surface area contributed by atoms with Crippen molar-refractivity contribution in [2.75, 3.05) is 40.4 Å². The van der Waals surface area contributed by atoms with Gasteiger partial charge in [-0.1, -0.05) is 24.3 Å². The number of H-pyrrole nitrogens is 1. The molecule has 2 aromatic heterocycles. The van der Waals surface area contributed by atoms with Crippen LogP contribution < -0.4 is 5.56 Å². The molecule has 0 unspecified atom stereocenters. The molecule has 6 heteroatoms. The Kier molecular flexibility index (Phi) is 5.69. The number of rotatable bonds is 7. The van der Waals surface area contributed by atoms with Crippen LogP contribution in [0.1, 0.15) is 29.3 Å². The van der Waals surface area contributed by atoms with E-state index in [0.29, 0.717) is 25.0 Å². The van der Waals surface area contributed by atoms with Crippen molar-refractivity contribution in [3.05, 3.63) is 69.8 Å². The molecular weight excluding hydrogens is 388 g/mol. The largest absolute Gasteiger partial charge is 0.383 e. The highest BCUT2D eigenvalue weighted by molar-refractivity contribution is 5.80. The molecule has 31 heavy (non-hydrogen) atoms. The zero-order valence-electron chi connectivity index (χ0n) is 18.5. The van der Waals surface area contributed by atoms with Crippen LogP contribution in [0.15, 0.2) is 47.3 Å². The lowest BCUT2D eigenvalue weighted by atomic mass is 9.83. The van der Waals surface area contributed by atoms with Gasteiger partial charge in [-0.15, -0.1) is 0 Å². The molecule has 6 nitrogen and oxygen atoms in total. The van der Waals surface area contributed by atoms with Crippen LogP contribution in [-0.2, 0) is 24.4 Å². The van der Waals surface area contributed by atoms with Crippen molar-refractivity contribution < 1.29 is 4.74 Å². The van der Waals surface area contributed by atoms with Crippen molar-refractivity contribution in [3.8, 4) is 0 Å². The van der Waals surface area contributed by atoms with Crippen molar-refractivity contribution in [1.29, 1.82) is 0 Å². The summed E-state index contributed by atoms with van der Waals surface area (Å²) in [6.07, 6.45) is 1.19. The van der Waals surface area contributed by atoms with Crippen LogP contribution in [0, 0.1) is 5.92 Å². The van der Waals surface area contributed by atoms with Crippen LogP contribution in [-0.4, -0.2) is 59.7 Å². The van der Waals surface area contributed by atoms with E-state index in [9.17, 15) is 4.79 Å². The van der Waals surface area contributed by atoms with Gasteiger partial charge in [0.25, 0.3) is 5.56 Å². The van der Waals surface area contributed by atoms with E-state index in [1.54, 1.807) is 7.11 Å². The first-order chi connectivity index (χ1) is 15.1. The van der Waals surface area contributed by atoms with E-state index in [1.807, 2.05) is 7.05 Å². The summed E-state index contributed by atoms with van der Waals surface area (Å²) in [6.45, 7) is 6.01. The number of aromatic amines is 1. The third-order valence-corrected chi connectivity index (χ3v) is 6.86. The Labute approximate surface area is 183 Å². The normalized spacial score (nSPS) is 21.0. The lowest BCUT2D eigenvalue weighted by Gasteiger charge is -2.43. The number of piperidine rings is 1. The Morgan fingerprint density at radius 3 is 2.87 bits per heavy atom. The second-order valence-corrected chi connectivity index (χ2v) is 9.30. The molecule has 1 saturated heterocycles. The first-order valence-electron chi connectivity index (χ1n) is 11.3. The number of benzene rings is 1. The number of fused-ring (bicyclic) bond motifs is 5. The van der Waals surface area contributed by atoms with Crippen LogP contribution in [0.5, 0.6) is 0 Å². The van der Waals surface area contributed by atoms with Crippen molar-refractivity contribution in [2.24, 2.45) is 5.92 Å². The molecule has 2 aliphatic heterocycles. The summed E-state index contributed by atoms with van der Waals surface area (Å²) in [7, 11) is 3.75. The molecular formula is C25H32N4O2. The zero-order valence-corrected chi connectivity index (χ0v) is 18.5. The Morgan fingerprint density at radius 1 is 1.16 bits per heavy atom. The fraction of sp³-hybridized carbons (Fsp3) is 0.480. The predicted octanol–water partition coefficient (Wildman–Crippen LogP) is 3.03. The second-order valence-electron chi connectivity index (χ2n) is 9.30. The molecule has 1 fully saturated rings. The number of ether oxygens (including phenoxy) is 1. The molecule has 2 bridgehead atoms. The highest BCUT2D eigenvalue weighted by Crippen LogP contribution is 2.35. The molecule has 0 aliphatic carbocycles. The zero-order chi connectivity index (χ0) is 21.4. The predicted molar refractivity (Wildman–Crippen MR) is 123 cm³/mol. The van der Waals surface area contributed by atoms with E-state index in [4.69, 9.17) is 4.74 Å². The number of para-hydroxylation sites is 1. The molecule has 0 radical (unpaired) electrons. The molecule has 1 N–H and O–H groups in total. The minimum atomic E-state index is 0.195. The molecule has 1 aromatic carbocycles. The van der Waals surface area contributed by atoms with E-state index >= 15 is 0 Å². The van der Waals surface area contributed by atoms with Gasteiger partial charge in [-0.3, -0.25) is 14.6 Å². The van der Waals surface area contributed by atoms with Gasteiger partial charge >= 0.3 is 0 Å². The van der Waals surface area contributed by atoms with Gasteiger partial charge in [-0.2, -0.15) is 0 Å². The quantitative estimate of drug-likeness (QED) is 0.638. The first-order valence-corrected chi connectivity index (χ1v) is 11.3. The number of likely N-dealkylation sites (tertiary alicyclic amines) is 1. The van der Waals surface area contributed by atoms with Gasteiger partial charge in [0, 0.05) is 74.8 Å². The van der Waals surface area contributed by atoms with Crippen LogP contribution >= 0.6 is 0 Å². The molecule has 0 saturated carbocycles. The summed E-state index contributed by atoms with van der Waals surface area (Å²) in [5, 5.41) is 1.27. The molecule has 0 amide bonds. The highest BCUT2D eigenvalue weighted by atomic mass is 16.5. The van der Waals surface area contributed by atoms with Gasteiger partial charge in [0.2, 0.25) is 0 Å². The number of pyridine rings is 1. The number of hydrogen-bond acceptors (Lipinski definition) is 4. The Hall–Kier alpha value is -2.41. The van der Waals surface area contributed by atoms with E-state index in [1.165, 1.54) is 28.7 Å². The first kappa shape index (κ1) is 20.5. The maximum absolute atomic E-state index is 13.2. The molecule has 2 atom stereocenters. The summed E-state index contributed by atoms with van der Waals surface area (Å²) in [5.41, 5.74) is 4.77. The average molecular weight is 421 g/mol. The van der Waals surface area contributed by atoms with Gasteiger partial charge in [0.15, 0.2) is 0 Å². The van der Waals surface area contributed by atoms with Crippen molar-refractivity contribution in [2.45, 2.75) is 32.0 Å². The number of nitrogens with one attached hydrogen (secondary N) is 1. The number of methoxy groups -OCH3 is 1. The van der Waals surface area contributed by atoms with Crippen LogP contribution in [0.25, 0.3) is 10.9 Å². The van der Waals surface area contributed by atoms with Gasteiger partial charge in [-0.05, 0) is 43.0 Å². The number of nitrogens with zero attached hydrogens (tertiary/aromatic N) is 3. The van der Waals surface area contributed by atoms with E-state index < -0.39 is 0 Å². The summed E-state index contributed by atoms with van der Waals surface area (Å²) >= 11 is 0. The molecule has 5 rings (SSSR count). The number of likely N-dealkylation sites (N-methyl/N-ethyl adjacent to an activating group) is 1. The smallest absolute Gasteiger partial charge is 0.255 e. The number of hydrogen-bond donors (Lipinski definition) is 1. The minimum absolute atomic E-state index is 0.195. The molecule has 4 heterocycles. The Bertz CT molecular complexity index is 1090. The van der Waals surface area contributed by atoms with Gasteiger partial charge in [0.1, 0.15) is 0 Å². The van der Waals surface area contributed by atoms with Crippen molar-refractivity contribution in [1.82, 2.24) is 19.4 Å². The van der Waals surface area contributed by atoms with Crippen LogP contribution in [0.4, 0.5) is 0 Å².